The minimum absolute atomic E-state index is 0.614. The second-order valence-electron chi connectivity index (χ2n) is 6.46. The number of allylic oxidation sites excluding steroid dienone is 9. The molecule has 0 spiro atoms. The van der Waals surface area contributed by atoms with Gasteiger partial charge in [0.05, 0.1) is 0 Å². The Balaban J connectivity index is 1.68. The molecule has 3 aliphatic rings. The summed E-state index contributed by atoms with van der Waals surface area (Å²) in [5, 5.41) is 0. The van der Waals surface area contributed by atoms with E-state index in [2.05, 4.69) is 72.9 Å². The lowest BCUT2D eigenvalue weighted by Crippen LogP contribution is -2.16. The van der Waals surface area contributed by atoms with Crippen LogP contribution in [0.3, 0.4) is 0 Å². The van der Waals surface area contributed by atoms with E-state index in [1.54, 1.807) is 0 Å². The van der Waals surface area contributed by atoms with Crippen LogP contribution in [0.5, 0.6) is 0 Å². The quantitative estimate of drug-likeness (QED) is 0.650. The molecule has 0 nitrogen and oxygen atoms in total. The molecular formula is C22H22. The van der Waals surface area contributed by atoms with Crippen LogP contribution < -0.4 is 0 Å². The minimum atomic E-state index is 0.614. The lowest BCUT2D eigenvalue weighted by Gasteiger charge is -2.29. The first-order chi connectivity index (χ1) is 10.9. The zero-order chi connectivity index (χ0) is 14.8. The van der Waals surface area contributed by atoms with Crippen molar-refractivity contribution in [2.75, 3.05) is 0 Å². The van der Waals surface area contributed by atoms with Crippen LogP contribution in [-0.2, 0) is 6.42 Å². The largest absolute Gasteiger partial charge is 0.0839 e. The van der Waals surface area contributed by atoms with Crippen molar-refractivity contribution < 1.29 is 0 Å². The normalized spacial score (nSPS) is 25.9. The predicted molar refractivity (Wildman–Crippen MR) is 95.4 cm³/mol. The Hall–Kier alpha value is -2.08. The molecule has 22 heavy (non-hydrogen) atoms. The summed E-state index contributed by atoms with van der Waals surface area (Å²) in [7, 11) is 0. The van der Waals surface area contributed by atoms with Crippen molar-refractivity contribution in [3.63, 3.8) is 0 Å². The van der Waals surface area contributed by atoms with Crippen molar-refractivity contribution >= 4 is 11.6 Å². The molecule has 2 unspecified atom stereocenters. The average molecular weight is 286 g/mol. The van der Waals surface area contributed by atoms with Gasteiger partial charge < -0.3 is 0 Å². The highest BCUT2D eigenvalue weighted by Crippen LogP contribution is 2.39. The Labute approximate surface area is 133 Å². The van der Waals surface area contributed by atoms with E-state index in [1.807, 2.05) is 0 Å². The van der Waals surface area contributed by atoms with E-state index in [-0.39, 0.29) is 0 Å². The van der Waals surface area contributed by atoms with E-state index in [1.165, 1.54) is 41.5 Å². The summed E-state index contributed by atoms with van der Waals surface area (Å²) in [6, 6.07) is 7.04. The molecule has 0 heterocycles. The smallest absolute Gasteiger partial charge is 0.00553 e. The van der Waals surface area contributed by atoms with Gasteiger partial charge in [0.2, 0.25) is 0 Å². The zero-order valence-corrected chi connectivity index (χ0v) is 12.9. The first kappa shape index (κ1) is 13.6. The van der Waals surface area contributed by atoms with Gasteiger partial charge in [-0.2, -0.15) is 0 Å². The van der Waals surface area contributed by atoms with E-state index in [0.717, 1.165) is 6.42 Å². The molecule has 0 fully saturated rings. The maximum absolute atomic E-state index is 2.43. The van der Waals surface area contributed by atoms with Gasteiger partial charge >= 0.3 is 0 Å². The summed E-state index contributed by atoms with van der Waals surface area (Å²) in [5.74, 6) is 1.25. The van der Waals surface area contributed by atoms with E-state index >= 15 is 0 Å². The van der Waals surface area contributed by atoms with Crippen LogP contribution >= 0.6 is 0 Å². The van der Waals surface area contributed by atoms with E-state index in [0.29, 0.717) is 11.8 Å². The molecule has 0 heteroatoms. The van der Waals surface area contributed by atoms with Gasteiger partial charge in [-0.25, -0.2) is 0 Å². The molecule has 0 N–H and O–H groups in total. The van der Waals surface area contributed by atoms with Gasteiger partial charge in [0.15, 0.2) is 0 Å². The first-order valence-electron chi connectivity index (χ1n) is 8.42. The molecule has 2 atom stereocenters. The highest BCUT2D eigenvalue weighted by Gasteiger charge is 2.25. The lowest BCUT2D eigenvalue weighted by atomic mass is 9.75. The highest BCUT2D eigenvalue weighted by molar-refractivity contribution is 5.73. The lowest BCUT2D eigenvalue weighted by molar-refractivity contribution is 0.492. The van der Waals surface area contributed by atoms with Crippen molar-refractivity contribution in [1.29, 1.82) is 0 Å². The fourth-order valence-electron chi connectivity index (χ4n) is 3.87. The Morgan fingerprint density at radius 2 is 1.86 bits per heavy atom. The Bertz CT molecular complexity index is 710. The number of rotatable bonds is 2. The number of fused-ring (bicyclic) bond motifs is 1. The summed E-state index contributed by atoms with van der Waals surface area (Å²) in [6.45, 7) is 0. The molecule has 0 saturated carbocycles. The molecule has 0 aliphatic heterocycles. The van der Waals surface area contributed by atoms with Gasteiger partial charge in [-0.15, -0.1) is 0 Å². The molecule has 110 valence electrons. The van der Waals surface area contributed by atoms with Crippen molar-refractivity contribution in [2.24, 2.45) is 11.8 Å². The van der Waals surface area contributed by atoms with Gasteiger partial charge in [0.25, 0.3) is 0 Å². The molecular weight excluding hydrogens is 264 g/mol. The number of hydrogen-bond acceptors (Lipinski definition) is 0. The molecule has 0 bridgehead atoms. The predicted octanol–water partition coefficient (Wildman–Crippen LogP) is 5.74. The standard InChI is InChI=1S/C22H22/c1-2-9-18(10-3-1)21-12-6-7-13-22(21)20-15-14-17-8-4-5-11-19(17)16-20/h1-4,6-9,13-16,18,21H,5,10-12H2. The third kappa shape index (κ3) is 2.54. The van der Waals surface area contributed by atoms with Crippen LogP contribution in [0.4, 0.5) is 0 Å². The SMILES string of the molecule is C1=CCC(C2CC=CC=C2c2ccc3c(c2)CCC=C3)C=C1. The van der Waals surface area contributed by atoms with Crippen LogP contribution in [0.15, 0.2) is 66.8 Å². The molecule has 4 rings (SSSR count). The molecule has 0 aromatic heterocycles. The van der Waals surface area contributed by atoms with Gasteiger partial charge in [-0.3, -0.25) is 0 Å². The van der Waals surface area contributed by atoms with Crippen molar-refractivity contribution in [3.8, 4) is 0 Å². The Morgan fingerprint density at radius 1 is 0.909 bits per heavy atom. The molecule has 0 radical (unpaired) electrons. The highest BCUT2D eigenvalue weighted by atomic mass is 14.3. The molecule has 1 aromatic carbocycles. The molecule has 0 amide bonds. The van der Waals surface area contributed by atoms with Crippen LogP contribution in [0.1, 0.15) is 36.0 Å². The van der Waals surface area contributed by atoms with Gasteiger partial charge in [0.1, 0.15) is 0 Å². The van der Waals surface area contributed by atoms with Gasteiger partial charge in [-0.1, -0.05) is 72.9 Å². The molecule has 0 saturated heterocycles. The van der Waals surface area contributed by atoms with E-state index in [4.69, 9.17) is 0 Å². The van der Waals surface area contributed by atoms with Crippen molar-refractivity contribution in [2.45, 2.75) is 25.7 Å². The maximum Gasteiger partial charge on any atom is -0.00553 e. The summed E-state index contributed by atoms with van der Waals surface area (Å²) >= 11 is 0. The molecule has 1 aromatic rings. The second kappa shape index (κ2) is 5.96. The van der Waals surface area contributed by atoms with Crippen LogP contribution in [0.25, 0.3) is 11.6 Å². The van der Waals surface area contributed by atoms with Crippen LogP contribution in [0, 0.1) is 11.8 Å². The topological polar surface area (TPSA) is 0 Å². The van der Waals surface area contributed by atoms with Gasteiger partial charge in [0, 0.05) is 0 Å². The van der Waals surface area contributed by atoms with Crippen molar-refractivity contribution in [3.05, 3.63) is 83.5 Å². The summed E-state index contributed by atoms with van der Waals surface area (Å²) in [4.78, 5) is 0. The van der Waals surface area contributed by atoms with Crippen LogP contribution in [0.2, 0.25) is 0 Å². The third-order valence-electron chi connectivity index (χ3n) is 5.09. The fourth-order valence-corrected chi connectivity index (χ4v) is 3.87. The number of hydrogen-bond donors (Lipinski definition) is 0. The first-order valence-corrected chi connectivity index (χ1v) is 8.42. The Morgan fingerprint density at radius 3 is 2.77 bits per heavy atom. The zero-order valence-electron chi connectivity index (χ0n) is 12.9. The summed E-state index contributed by atoms with van der Waals surface area (Å²) in [6.07, 6.45) is 25.2. The summed E-state index contributed by atoms with van der Waals surface area (Å²) < 4.78 is 0. The molecule has 3 aliphatic carbocycles. The van der Waals surface area contributed by atoms with Crippen LogP contribution in [-0.4, -0.2) is 0 Å². The maximum atomic E-state index is 2.43. The third-order valence-corrected chi connectivity index (χ3v) is 5.09. The number of aryl methyl sites for hydroxylation is 1. The Kier molecular flexibility index (Phi) is 3.68. The van der Waals surface area contributed by atoms with Crippen molar-refractivity contribution in [1.82, 2.24) is 0 Å². The monoisotopic (exact) mass is 286 g/mol. The van der Waals surface area contributed by atoms with E-state index in [9.17, 15) is 0 Å². The fraction of sp³-hybridized carbons (Fsp3) is 0.273. The summed E-state index contributed by atoms with van der Waals surface area (Å²) in [5.41, 5.74) is 5.85. The van der Waals surface area contributed by atoms with E-state index < -0.39 is 0 Å². The number of benzene rings is 1. The minimum Gasteiger partial charge on any atom is -0.0839 e. The average Bonchev–Trinajstić information content (AvgIpc) is 2.62. The van der Waals surface area contributed by atoms with Gasteiger partial charge in [-0.05, 0) is 59.8 Å². The second-order valence-corrected chi connectivity index (χ2v) is 6.46.